The molecule has 0 aromatic heterocycles. The highest BCUT2D eigenvalue weighted by molar-refractivity contribution is 5.68. The van der Waals surface area contributed by atoms with Gasteiger partial charge in [-0.25, -0.2) is 4.79 Å². The van der Waals surface area contributed by atoms with Gasteiger partial charge in [0.05, 0.1) is 18.8 Å². The normalized spacial score (nSPS) is 50.9. The van der Waals surface area contributed by atoms with Crippen molar-refractivity contribution in [3.8, 4) is 0 Å². The van der Waals surface area contributed by atoms with E-state index >= 15 is 0 Å². The molecule has 1 aliphatic rings. The quantitative estimate of drug-likeness (QED) is 0.779. The molecule has 0 bridgehead atoms. The predicted octanol–water partition coefficient (Wildman–Crippen LogP) is 0.977. The van der Waals surface area contributed by atoms with E-state index in [9.17, 15) is 4.79 Å². The maximum Gasteiger partial charge on any atom is 0.410 e. The van der Waals surface area contributed by atoms with E-state index in [0.717, 1.165) is 13.8 Å². The molecule has 0 aliphatic carbocycles. The summed E-state index contributed by atoms with van der Waals surface area (Å²) in [5.74, 6) is -4.36. The zero-order chi connectivity index (χ0) is 27.6. The van der Waals surface area contributed by atoms with Gasteiger partial charge in [0, 0.05) is 35.2 Å². The van der Waals surface area contributed by atoms with Crippen LogP contribution in [0.5, 0.6) is 0 Å². The van der Waals surface area contributed by atoms with Gasteiger partial charge in [0.2, 0.25) is 1.43 Å². The Morgan fingerprint density at radius 3 is 2.94 bits per heavy atom. The highest BCUT2D eigenvalue weighted by atomic mass is 16.7. The molecular formula is C12H23NO5. The Balaban J connectivity index is 4.03. The Morgan fingerprint density at radius 1 is 1.67 bits per heavy atom. The highest BCUT2D eigenvalue weighted by Gasteiger charge is 2.44. The summed E-state index contributed by atoms with van der Waals surface area (Å²) in [6.45, 7) is -8.14. The topological polar surface area (TPSA) is 68.2 Å². The van der Waals surface area contributed by atoms with Crippen molar-refractivity contribution >= 4 is 6.09 Å². The molecule has 0 saturated carbocycles. The molecule has 1 unspecified atom stereocenters. The zero-order valence-electron chi connectivity index (χ0n) is 25.6. The van der Waals surface area contributed by atoms with Crippen molar-refractivity contribution in [3.05, 3.63) is 0 Å². The molecular weight excluding hydrogens is 238 g/mol. The lowest BCUT2D eigenvalue weighted by atomic mass is 10.0. The molecule has 0 radical (unpaired) electrons. The fraction of sp³-hybridized carbons (Fsp3) is 0.917. The number of β-amino-alcohol motifs (C(OH)–C–C–N with tert-alkyl or cyclic N) is 1. The van der Waals surface area contributed by atoms with Gasteiger partial charge in [0.25, 0.3) is 0 Å². The fourth-order valence-corrected chi connectivity index (χ4v) is 0.916. The molecule has 0 aromatic carbocycles. The lowest BCUT2D eigenvalue weighted by Crippen LogP contribution is -2.59. The molecule has 1 rings (SSSR count). The van der Waals surface area contributed by atoms with E-state index in [1.807, 2.05) is 0 Å². The molecule has 1 atom stereocenters. The van der Waals surface area contributed by atoms with Crippen molar-refractivity contribution < 1.29 is 44.7 Å². The monoisotopic (exact) mass is 277 g/mol. The lowest BCUT2D eigenvalue weighted by Gasteiger charge is -2.43. The molecule has 106 valence electrons. The average Bonchev–Trinajstić information content (AvgIpc) is 2.55. The molecule has 6 nitrogen and oxygen atoms in total. The number of carbonyl (C=O) groups is 1. The molecule has 1 fully saturated rings. The van der Waals surface area contributed by atoms with Crippen LogP contribution in [0.1, 0.15) is 47.7 Å². The van der Waals surface area contributed by atoms with Crippen LogP contribution in [0.25, 0.3) is 0 Å². The molecule has 0 spiro atoms. The number of nitrogens with zero attached hydrogens (tertiary/aromatic N) is 1. The number of likely N-dealkylation sites (tertiary alicyclic amines) is 1. The number of hydrogen-bond donors (Lipinski definition) is 1. The van der Waals surface area contributed by atoms with E-state index in [1.54, 1.807) is 0 Å². The van der Waals surface area contributed by atoms with Gasteiger partial charge < -0.3 is 24.2 Å². The molecule has 1 aliphatic heterocycles. The zero-order valence-corrected chi connectivity index (χ0v) is 9.57. The first-order valence-corrected chi connectivity index (χ1v) is 4.59. The Morgan fingerprint density at radius 2 is 2.39 bits per heavy atom. The summed E-state index contributed by atoms with van der Waals surface area (Å²) >= 11 is 0. The highest BCUT2D eigenvalue weighted by Crippen LogP contribution is 2.27. The SMILES string of the molecule is [2H]OC1([2H])C([2H])([2H])N(C(=O)OC(C)(C)C([2H])[2H])C([2H])([2H])C([2H])([2H])C1(OC([2H])([2H])[2H])OC([2H])([2H])[2H]. The van der Waals surface area contributed by atoms with Crippen LogP contribution >= 0.6 is 0 Å². The van der Waals surface area contributed by atoms with Crippen LogP contribution in [-0.2, 0) is 14.2 Å². The third-order valence-corrected chi connectivity index (χ3v) is 1.66. The third-order valence-electron chi connectivity index (χ3n) is 1.66. The second kappa shape index (κ2) is 5.42. The molecule has 1 heterocycles. The number of piperidine rings is 1. The number of hydrogen-bond acceptors (Lipinski definition) is 5. The standard InChI is InChI=1S/C12H23NO5/c1-11(2,3)18-10(15)13-7-6-12(16-4,17-5)9(14)8-13/h9,14H,6-8H2,1-5H3/i1D2,4D3,5D3,6D2,7D2,8D2,9D,14D. The van der Waals surface area contributed by atoms with E-state index in [-0.39, 0.29) is 0 Å². The number of carbonyl (C=O) groups excluding carboxylic acids is 1. The van der Waals surface area contributed by atoms with E-state index in [1.165, 1.54) is 0 Å². The van der Waals surface area contributed by atoms with E-state index in [2.05, 4.69) is 14.6 Å². The van der Waals surface area contributed by atoms with E-state index in [4.69, 9.17) is 26.7 Å². The van der Waals surface area contributed by atoms with Crippen molar-refractivity contribution in [2.45, 2.75) is 44.6 Å². The van der Waals surface area contributed by atoms with Gasteiger partial charge in [0.1, 0.15) is 11.7 Å². The lowest BCUT2D eigenvalue weighted by molar-refractivity contribution is -0.276. The first-order valence-electron chi connectivity index (χ1n) is 12.7. The molecule has 6 heteroatoms. The van der Waals surface area contributed by atoms with Crippen LogP contribution in [0.15, 0.2) is 0 Å². The summed E-state index contributed by atoms with van der Waals surface area (Å²) in [7, 11) is -7.74. The minimum atomic E-state index is -4.36. The minimum Gasteiger partial charge on any atom is -0.444 e. The van der Waals surface area contributed by atoms with Crippen LogP contribution < -0.4 is 0 Å². The van der Waals surface area contributed by atoms with Gasteiger partial charge >= 0.3 is 6.09 Å². The fourth-order valence-electron chi connectivity index (χ4n) is 0.916. The van der Waals surface area contributed by atoms with Gasteiger partial charge in [-0.2, -0.15) is 0 Å². The first-order chi connectivity index (χ1) is 14.7. The Bertz CT molecular complexity index is 763. The molecule has 0 aromatic rings. The number of amides is 1. The van der Waals surface area contributed by atoms with Crippen molar-refractivity contribution in [1.82, 2.24) is 4.90 Å². The summed E-state index contributed by atoms with van der Waals surface area (Å²) < 4.78 is 137. The number of ether oxygens (including phenoxy) is 3. The smallest absolute Gasteiger partial charge is 0.410 e. The van der Waals surface area contributed by atoms with Crippen LogP contribution in [0.2, 0.25) is 0 Å². The van der Waals surface area contributed by atoms with Crippen molar-refractivity contribution in [3.63, 3.8) is 0 Å². The Labute approximate surface area is 130 Å². The summed E-state index contributed by atoms with van der Waals surface area (Å²) in [6, 6.07) is 0. The second-order valence-electron chi connectivity index (χ2n) is 3.81. The van der Waals surface area contributed by atoms with Crippen molar-refractivity contribution in [2.75, 3.05) is 27.1 Å². The molecule has 1 saturated heterocycles. The number of aliphatic hydroxyl groups is 1. The summed E-state index contributed by atoms with van der Waals surface area (Å²) in [5, 5.41) is 3.95. The molecule has 1 amide bonds. The largest absolute Gasteiger partial charge is 0.444 e. The predicted molar refractivity (Wildman–Crippen MR) is 65.2 cm³/mol. The maximum atomic E-state index is 12.8. The van der Waals surface area contributed by atoms with Gasteiger partial charge in [-0.05, 0) is 20.7 Å². The maximum absolute atomic E-state index is 12.8. The molecule has 18 heavy (non-hydrogen) atoms. The number of rotatable bonds is 3. The number of methoxy groups -OCH3 is 2. The van der Waals surface area contributed by atoms with Crippen LogP contribution in [-0.4, -0.2) is 62.1 Å². The Hall–Kier alpha value is -0.850. The first kappa shape index (κ1) is 4.07. The van der Waals surface area contributed by atoms with Crippen LogP contribution in [0.3, 0.4) is 0 Å². The van der Waals surface area contributed by atoms with Crippen molar-refractivity contribution in [1.29, 1.82) is 1.43 Å². The van der Waals surface area contributed by atoms with Crippen molar-refractivity contribution in [2.24, 2.45) is 0 Å². The third kappa shape index (κ3) is 3.34. The van der Waals surface area contributed by atoms with Gasteiger partial charge in [-0.1, -0.05) is 0 Å². The average molecular weight is 277 g/mol. The summed E-state index contributed by atoms with van der Waals surface area (Å²) in [6.07, 6.45) is -10.6. The van der Waals surface area contributed by atoms with Gasteiger partial charge in [0.15, 0.2) is 5.79 Å². The summed E-state index contributed by atoms with van der Waals surface area (Å²) in [4.78, 5) is 12.1. The van der Waals surface area contributed by atoms with Gasteiger partial charge in [-0.3, -0.25) is 0 Å². The molecule has 1 N–H and O–H groups in total. The minimum absolute atomic E-state index is 0.699. The Kier molecular flexibility index (Phi) is 1.23. The van der Waals surface area contributed by atoms with E-state index in [0.29, 0.717) is 0 Å². The van der Waals surface area contributed by atoms with Crippen LogP contribution in [0, 0.1) is 0 Å². The summed E-state index contributed by atoms with van der Waals surface area (Å²) in [5.41, 5.74) is -2.04. The van der Waals surface area contributed by atoms with E-state index < -0.39 is 68.8 Å². The van der Waals surface area contributed by atoms with Crippen LogP contribution in [0.4, 0.5) is 4.79 Å². The second-order valence-corrected chi connectivity index (χ2v) is 3.81. The van der Waals surface area contributed by atoms with Gasteiger partial charge in [-0.15, -0.1) is 0 Å².